The standard InChI is InChI=1S/C16H19ClN2O/c1-3-5-16-18-14(11-15(17)19-16)12-6-8-13(9-7-12)20-10-4-2/h6-9,11H,3-5,10H2,1-2H3. The third-order valence-corrected chi connectivity index (χ3v) is 3.03. The van der Waals surface area contributed by atoms with Gasteiger partial charge in [-0.25, -0.2) is 9.97 Å². The molecule has 3 nitrogen and oxygen atoms in total. The van der Waals surface area contributed by atoms with E-state index >= 15 is 0 Å². The number of hydrogen-bond donors (Lipinski definition) is 0. The van der Waals surface area contributed by atoms with E-state index in [1.807, 2.05) is 24.3 Å². The second kappa shape index (κ2) is 7.25. The molecule has 0 aliphatic carbocycles. The summed E-state index contributed by atoms with van der Waals surface area (Å²) in [4.78, 5) is 8.79. The van der Waals surface area contributed by atoms with E-state index in [-0.39, 0.29) is 0 Å². The summed E-state index contributed by atoms with van der Waals surface area (Å²) in [5.41, 5.74) is 1.88. The van der Waals surface area contributed by atoms with E-state index in [2.05, 4.69) is 23.8 Å². The van der Waals surface area contributed by atoms with Crippen molar-refractivity contribution >= 4 is 11.6 Å². The molecule has 0 saturated heterocycles. The van der Waals surface area contributed by atoms with Gasteiger partial charge in [0.05, 0.1) is 12.3 Å². The molecule has 2 rings (SSSR count). The average Bonchev–Trinajstić information content (AvgIpc) is 2.45. The Bertz CT molecular complexity index is 555. The van der Waals surface area contributed by atoms with Crippen LogP contribution in [0.15, 0.2) is 30.3 Å². The van der Waals surface area contributed by atoms with Gasteiger partial charge in [0, 0.05) is 18.1 Å². The van der Waals surface area contributed by atoms with Gasteiger partial charge in [0.1, 0.15) is 16.7 Å². The highest BCUT2D eigenvalue weighted by atomic mass is 35.5. The first-order valence-electron chi connectivity index (χ1n) is 6.99. The summed E-state index contributed by atoms with van der Waals surface area (Å²) in [6, 6.07) is 9.71. The predicted octanol–water partition coefficient (Wildman–Crippen LogP) is 4.54. The summed E-state index contributed by atoms with van der Waals surface area (Å²) in [7, 11) is 0. The molecule has 0 amide bonds. The van der Waals surface area contributed by atoms with Gasteiger partial charge < -0.3 is 4.74 Å². The Morgan fingerprint density at radius 3 is 2.45 bits per heavy atom. The van der Waals surface area contributed by atoms with Crippen molar-refractivity contribution in [1.82, 2.24) is 9.97 Å². The van der Waals surface area contributed by atoms with Gasteiger partial charge in [-0.05, 0) is 37.1 Å². The van der Waals surface area contributed by atoms with Gasteiger partial charge in [-0.15, -0.1) is 0 Å². The van der Waals surface area contributed by atoms with Crippen LogP contribution < -0.4 is 4.74 Å². The van der Waals surface area contributed by atoms with Crippen molar-refractivity contribution in [3.63, 3.8) is 0 Å². The van der Waals surface area contributed by atoms with Gasteiger partial charge >= 0.3 is 0 Å². The third-order valence-electron chi connectivity index (χ3n) is 2.84. The van der Waals surface area contributed by atoms with Crippen LogP contribution in [-0.2, 0) is 6.42 Å². The quantitative estimate of drug-likeness (QED) is 0.733. The maximum atomic E-state index is 6.06. The number of halogens is 1. The first-order valence-corrected chi connectivity index (χ1v) is 7.37. The summed E-state index contributed by atoms with van der Waals surface area (Å²) in [5.74, 6) is 1.67. The van der Waals surface area contributed by atoms with Crippen molar-refractivity contribution in [2.24, 2.45) is 0 Å². The highest BCUT2D eigenvalue weighted by molar-refractivity contribution is 6.29. The van der Waals surface area contributed by atoms with Crippen LogP contribution in [0.5, 0.6) is 5.75 Å². The van der Waals surface area contributed by atoms with Gasteiger partial charge in [0.25, 0.3) is 0 Å². The van der Waals surface area contributed by atoms with Gasteiger partial charge in [-0.1, -0.05) is 25.4 Å². The van der Waals surface area contributed by atoms with Crippen LogP contribution in [0.3, 0.4) is 0 Å². The molecule has 1 aromatic carbocycles. The van der Waals surface area contributed by atoms with Crippen molar-refractivity contribution in [2.45, 2.75) is 33.1 Å². The largest absolute Gasteiger partial charge is 0.494 e. The molecule has 0 saturated carbocycles. The van der Waals surface area contributed by atoms with E-state index in [1.54, 1.807) is 6.07 Å². The molecule has 0 bridgehead atoms. The number of ether oxygens (including phenoxy) is 1. The second-order valence-electron chi connectivity index (χ2n) is 4.61. The molecule has 2 aromatic rings. The minimum Gasteiger partial charge on any atom is -0.494 e. The van der Waals surface area contributed by atoms with E-state index in [1.165, 1.54) is 0 Å². The predicted molar refractivity (Wildman–Crippen MR) is 82.3 cm³/mol. The second-order valence-corrected chi connectivity index (χ2v) is 5.00. The van der Waals surface area contributed by atoms with Crippen molar-refractivity contribution in [2.75, 3.05) is 6.61 Å². The molecule has 0 fully saturated rings. The number of aromatic nitrogens is 2. The van der Waals surface area contributed by atoms with Crippen LogP contribution in [0.4, 0.5) is 0 Å². The molecule has 4 heteroatoms. The van der Waals surface area contributed by atoms with Crippen LogP contribution in [0.1, 0.15) is 32.5 Å². The van der Waals surface area contributed by atoms with Crippen molar-refractivity contribution < 1.29 is 4.74 Å². The Hall–Kier alpha value is -1.61. The third kappa shape index (κ3) is 3.94. The lowest BCUT2D eigenvalue weighted by Gasteiger charge is -2.07. The van der Waals surface area contributed by atoms with Crippen LogP contribution in [0.25, 0.3) is 11.3 Å². The fourth-order valence-corrected chi connectivity index (χ4v) is 2.09. The Balaban J connectivity index is 2.22. The van der Waals surface area contributed by atoms with Crippen LogP contribution >= 0.6 is 11.6 Å². The van der Waals surface area contributed by atoms with E-state index in [4.69, 9.17) is 16.3 Å². The normalized spacial score (nSPS) is 10.6. The van der Waals surface area contributed by atoms with Crippen molar-refractivity contribution in [3.05, 3.63) is 41.3 Å². The average molecular weight is 291 g/mol. The molecule has 0 aliphatic heterocycles. The van der Waals surface area contributed by atoms with E-state index in [0.29, 0.717) is 5.15 Å². The molecular formula is C16H19ClN2O. The lowest BCUT2D eigenvalue weighted by molar-refractivity contribution is 0.317. The maximum absolute atomic E-state index is 6.06. The highest BCUT2D eigenvalue weighted by Gasteiger charge is 2.05. The number of nitrogens with zero attached hydrogens (tertiary/aromatic N) is 2. The summed E-state index contributed by atoms with van der Waals surface area (Å²) in [6.07, 6.45) is 2.85. The van der Waals surface area contributed by atoms with Crippen LogP contribution in [0, 0.1) is 0 Å². The molecule has 106 valence electrons. The number of aryl methyl sites for hydroxylation is 1. The number of hydrogen-bond acceptors (Lipinski definition) is 3. The Morgan fingerprint density at radius 2 is 1.80 bits per heavy atom. The molecule has 0 N–H and O–H groups in total. The minimum atomic E-state index is 0.491. The monoisotopic (exact) mass is 290 g/mol. The summed E-state index contributed by atoms with van der Waals surface area (Å²) < 4.78 is 5.57. The van der Waals surface area contributed by atoms with Gasteiger partial charge in [0.15, 0.2) is 0 Å². The Kier molecular flexibility index (Phi) is 5.36. The number of benzene rings is 1. The molecule has 1 heterocycles. The van der Waals surface area contributed by atoms with E-state index < -0.39 is 0 Å². The topological polar surface area (TPSA) is 35.0 Å². The lowest BCUT2D eigenvalue weighted by atomic mass is 10.1. The first-order chi connectivity index (χ1) is 9.72. The molecule has 0 radical (unpaired) electrons. The minimum absolute atomic E-state index is 0.491. The SMILES string of the molecule is CCCOc1ccc(-c2cc(Cl)nc(CCC)n2)cc1. The van der Waals surface area contributed by atoms with Gasteiger partial charge in [0.2, 0.25) is 0 Å². The smallest absolute Gasteiger partial charge is 0.133 e. The first kappa shape index (κ1) is 14.8. The molecule has 0 spiro atoms. The van der Waals surface area contributed by atoms with Crippen molar-refractivity contribution in [1.29, 1.82) is 0 Å². The van der Waals surface area contributed by atoms with Gasteiger partial charge in [-0.2, -0.15) is 0 Å². The lowest BCUT2D eigenvalue weighted by Crippen LogP contribution is -1.97. The molecular weight excluding hydrogens is 272 g/mol. The van der Waals surface area contributed by atoms with E-state index in [9.17, 15) is 0 Å². The summed E-state index contributed by atoms with van der Waals surface area (Å²) in [5, 5.41) is 0.491. The van der Waals surface area contributed by atoms with Crippen molar-refractivity contribution in [3.8, 4) is 17.0 Å². The van der Waals surface area contributed by atoms with Gasteiger partial charge in [-0.3, -0.25) is 0 Å². The maximum Gasteiger partial charge on any atom is 0.133 e. The summed E-state index contributed by atoms with van der Waals surface area (Å²) >= 11 is 6.06. The van der Waals surface area contributed by atoms with Crippen LogP contribution in [-0.4, -0.2) is 16.6 Å². The molecule has 20 heavy (non-hydrogen) atoms. The van der Waals surface area contributed by atoms with Crippen LogP contribution in [0.2, 0.25) is 5.15 Å². The molecule has 0 unspecified atom stereocenters. The fourth-order valence-electron chi connectivity index (χ4n) is 1.89. The molecule has 1 aromatic heterocycles. The zero-order valence-corrected chi connectivity index (χ0v) is 12.7. The Labute approximate surface area is 125 Å². The Morgan fingerprint density at radius 1 is 1.05 bits per heavy atom. The molecule has 0 aliphatic rings. The fraction of sp³-hybridized carbons (Fsp3) is 0.375. The van der Waals surface area contributed by atoms with E-state index in [0.717, 1.165) is 48.7 Å². The zero-order chi connectivity index (χ0) is 14.4. The zero-order valence-electron chi connectivity index (χ0n) is 11.9. The highest BCUT2D eigenvalue weighted by Crippen LogP contribution is 2.23. The summed E-state index contributed by atoms with van der Waals surface area (Å²) in [6.45, 7) is 4.93. The molecule has 0 atom stereocenters. The number of rotatable bonds is 6.